The maximum atomic E-state index is 12.1. The standard InChI is InChI=1S/C12H19N5O2/c1-7-5-9(8(2)16-15-7)10(18)14-6-12(3,4)11(13)17-19/h5,19H,6H2,1-4H3,(H2,13,17)(H,14,18). The van der Waals surface area contributed by atoms with Crippen LogP contribution < -0.4 is 11.1 Å². The van der Waals surface area contributed by atoms with Crippen LogP contribution in [-0.2, 0) is 0 Å². The van der Waals surface area contributed by atoms with E-state index in [4.69, 9.17) is 10.9 Å². The molecule has 1 heterocycles. The van der Waals surface area contributed by atoms with E-state index in [9.17, 15) is 4.79 Å². The quantitative estimate of drug-likeness (QED) is 0.319. The second-order valence-electron chi connectivity index (χ2n) is 5.04. The van der Waals surface area contributed by atoms with Gasteiger partial charge in [0.15, 0.2) is 0 Å². The smallest absolute Gasteiger partial charge is 0.253 e. The summed E-state index contributed by atoms with van der Waals surface area (Å²) in [6.45, 7) is 7.28. The van der Waals surface area contributed by atoms with Crippen molar-refractivity contribution in [2.45, 2.75) is 27.7 Å². The van der Waals surface area contributed by atoms with Crippen LogP contribution in [0.5, 0.6) is 0 Å². The number of carbonyl (C=O) groups is 1. The molecule has 1 aromatic rings. The molecule has 104 valence electrons. The summed E-state index contributed by atoms with van der Waals surface area (Å²) < 4.78 is 0. The van der Waals surface area contributed by atoms with Crippen molar-refractivity contribution in [1.29, 1.82) is 0 Å². The minimum absolute atomic E-state index is 0.0635. The number of hydrogen-bond donors (Lipinski definition) is 3. The summed E-state index contributed by atoms with van der Waals surface area (Å²) in [5.41, 5.74) is 6.63. The van der Waals surface area contributed by atoms with Crippen molar-refractivity contribution in [1.82, 2.24) is 15.5 Å². The van der Waals surface area contributed by atoms with Gasteiger partial charge in [-0.25, -0.2) is 0 Å². The number of nitrogens with zero attached hydrogens (tertiary/aromatic N) is 3. The molecular weight excluding hydrogens is 246 g/mol. The molecule has 0 radical (unpaired) electrons. The van der Waals surface area contributed by atoms with Crippen LogP contribution in [0, 0.1) is 19.3 Å². The summed E-state index contributed by atoms with van der Waals surface area (Å²) in [5.74, 6) is -0.192. The summed E-state index contributed by atoms with van der Waals surface area (Å²) in [6.07, 6.45) is 0. The Hall–Kier alpha value is -2.18. The summed E-state index contributed by atoms with van der Waals surface area (Å²) in [5, 5.41) is 22.1. The molecule has 4 N–H and O–H groups in total. The maximum absolute atomic E-state index is 12.1. The monoisotopic (exact) mass is 265 g/mol. The Balaban J connectivity index is 2.79. The highest BCUT2D eigenvalue weighted by Crippen LogP contribution is 2.14. The zero-order chi connectivity index (χ0) is 14.6. The molecule has 0 aliphatic rings. The van der Waals surface area contributed by atoms with Gasteiger partial charge in [-0.15, -0.1) is 0 Å². The number of nitrogens with two attached hydrogens (primary N) is 1. The zero-order valence-electron chi connectivity index (χ0n) is 11.6. The molecule has 1 amide bonds. The second kappa shape index (κ2) is 5.64. The van der Waals surface area contributed by atoms with E-state index >= 15 is 0 Å². The normalized spacial score (nSPS) is 12.3. The molecule has 7 nitrogen and oxygen atoms in total. The van der Waals surface area contributed by atoms with Crippen LogP contribution in [0.3, 0.4) is 0 Å². The third-order valence-corrected chi connectivity index (χ3v) is 2.84. The molecule has 0 saturated heterocycles. The first kappa shape index (κ1) is 14.9. The molecule has 0 bridgehead atoms. The highest BCUT2D eigenvalue weighted by atomic mass is 16.4. The molecule has 0 fully saturated rings. The van der Waals surface area contributed by atoms with Crippen molar-refractivity contribution in [2.75, 3.05) is 6.54 Å². The highest BCUT2D eigenvalue weighted by Gasteiger charge is 2.25. The first-order valence-corrected chi connectivity index (χ1v) is 5.85. The van der Waals surface area contributed by atoms with E-state index in [0.717, 1.165) is 0 Å². The minimum atomic E-state index is -0.631. The molecule has 0 atom stereocenters. The number of rotatable bonds is 4. The number of amides is 1. The van der Waals surface area contributed by atoms with E-state index in [0.29, 0.717) is 17.0 Å². The van der Waals surface area contributed by atoms with Gasteiger partial charge in [0, 0.05) is 12.0 Å². The topological polar surface area (TPSA) is 113 Å². The van der Waals surface area contributed by atoms with Gasteiger partial charge in [0.05, 0.1) is 17.0 Å². The van der Waals surface area contributed by atoms with E-state index in [1.165, 1.54) is 0 Å². The Bertz CT molecular complexity index is 511. The van der Waals surface area contributed by atoms with Crippen molar-refractivity contribution in [2.24, 2.45) is 16.3 Å². The largest absolute Gasteiger partial charge is 0.409 e. The number of hydrogen-bond acceptors (Lipinski definition) is 5. The van der Waals surface area contributed by atoms with Crippen molar-refractivity contribution in [3.05, 3.63) is 23.0 Å². The molecule has 0 unspecified atom stereocenters. The van der Waals surface area contributed by atoms with Crippen molar-refractivity contribution in [3.63, 3.8) is 0 Å². The van der Waals surface area contributed by atoms with Crippen molar-refractivity contribution in [3.8, 4) is 0 Å². The SMILES string of the molecule is Cc1cc(C(=O)NCC(C)(C)/C(N)=N/O)c(C)nn1. The number of carbonyl (C=O) groups excluding carboxylic acids is 1. The number of aromatic nitrogens is 2. The predicted octanol–water partition coefficient (Wildman–Crippen LogP) is 0.596. The average molecular weight is 265 g/mol. The summed E-state index contributed by atoms with van der Waals surface area (Å²) in [7, 11) is 0. The van der Waals surface area contributed by atoms with Gasteiger partial charge in [-0.1, -0.05) is 19.0 Å². The lowest BCUT2D eigenvalue weighted by Crippen LogP contribution is -2.42. The Morgan fingerprint density at radius 2 is 2.11 bits per heavy atom. The van der Waals surface area contributed by atoms with E-state index in [2.05, 4.69) is 20.7 Å². The van der Waals surface area contributed by atoms with Gasteiger partial charge in [-0.05, 0) is 19.9 Å². The lowest BCUT2D eigenvalue weighted by Gasteiger charge is -2.23. The Kier molecular flexibility index (Phi) is 4.42. The number of oxime groups is 1. The lowest BCUT2D eigenvalue weighted by atomic mass is 9.92. The molecule has 0 aromatic carbocycles. The van der Waals surface area contributed by atoms with Crippen LogP contribution in [0.15, 0.2) is 11.2 Å². The molecule has 19 heavy (non-hydrogen) atoms. The van der Waals surface area contributed by atoms with Gasteiger partial charge < -0.3 is 16.3 Å². The van der Waals surface area contributed by atoms with Gasteiger partial charge in [-0.3, -0.25) is 4.79 Å². The van der Waals surface area contributed by atoms with Gasteiger partial charge in [0.25, 0.3) is 5.91 Å². The maximum Gasteiger partial charge on any atom is 0.253 e. The molecular formula is C12H19N5O2. The fourth-order valence-corrected chi connectivity index (χ4v) is 1.40. The highest BCUT2D eigenvalue weighted by molar-refractivity contribution is 5.95. The van der Waals surface area contributed by atoms with Crippen LogP contribution >= 0.6 is 0 Å². The fraction of sp³-hybridized carbons (Fsp3) is 0.500. The third kappa shape index (κ3) is 3.64. The van der Waals surface area contributed by atoms with Gasteiger partial charge >= 0.3 is 0 Å². The van der Waals surface area contributed by atoms with Crippen molar-refractivity contribution >= 4 is 11.7 Å². The summed E-state index contributed by atoms with van der Waals surface area (Å²) >= 11 is 0. The van der Waals surface area contributed by atoms with Gasteiger partial charge in [-0.2, -0.15) is 10.2 Å². The third-order valence-electron chi connectivity index (χ3n) is 2.84. The predicted molar refractivity (Wildman–Crippen MR) is 71.0 cm³/mol. The second-order valence-corrected chi connectivity index (χ2v) is 5.04. The molecule has 0 aliphatic carbocycles. The molecule has 0 saturated carbocycles. The van der Waals surface area contributed by atoms with E-state index in [1.807, 2.05) is 0 Å². The van der Waals surface area contributed by atoms with Crippen LogP contribution in [0.1, 0.15) is 35.6 Å². The number of nitrogens with one attached hydrogen (secondary N) is 1. The molecule has 7 heteroatoms. The molecule has 1 aromatic heterocycles. The molecule has 1 rings (SSSR count). The zero-order valence-corrected chi connectivity index (χ0v) is 11.6. The van der Waals surface area contributed by atoms with Crippen LogP contribution in [0.25, 0.3) is 0 Å². The average Bonchev–Trinajstić information content (AvgIpc) is 2.37. The van der Waals surface area contributed by atoms with E-state index in [-0.39, 0.29) is 18.3 Å². The fourth-order valence-electron chi connectivity index (χ4n) is 1.40. The number of aryl methyl sites for hydroxylation is 2. The number of amidine groups is 1. The first-order valence-electron chi connectivity index (χ1n) is 5.85. The van der Waals surface area contributed by atoms with Crippen LogP contribution in [-0.4, -0.2) is 33.7 Å². The van der Waals surface area contributed by atoms with Gasteiger partial charge in [0.2, 0.25) is 0 Å². The Morgan fingerprint density at radius 1 is 1.47 bits per heavy atom. The minimum Gasteiger partial charge on any atom is -0.409 e. The Morgan fingerprint density at radius 3 is 2.68 bits per heavy atom. The van der Waals surface area contributed by atoms with E-state index < -0.39 is 5.41 Å². The van der Waals surface area contributed by atoms with Crippen molar-refractivity contribution < 1.29 is 10.0 Å². The summed E-state index contributed by atoms with van der Waals surface area (Å²) in [4.78, 5) is 12.1. The van der Waals surface area contributed by atoms with E-state index in [1.54, 1.807) is 33.8 Å². The summed E-state index contributed by atoms with van der Waals surface area (Å²) in [6, 6.07) is 1.67. The van der Waals surface area contributed by atoms with Crippen LogP contribution in [0.4, 0.5) is 0 Å². The van der Waals surface area contributed by atoms with Gasteiger partial charge in [0.1, 0.15) is 5.84 Å². The Labute approximate surface area is 111 Å². The molecule has 0 spiro atoms. The lowest BCUT2D eigenvalue weighted by molar-refractivity contribution is 0.0943. The molecule has 0 aliphatic heterocycles. The first-order chi connectivity index (χ1) is 8.77. The van der Waals surface area contributed by atoms with Crippen LogP contribution in [0.2, 0.25) is 0 Å².